The summed E-state index contributed by atoms with van der Waals surface area (Å²) in [7, 11) is 4.13. The normalized spacial score (nSPS) is 18.0. The predicted molar refractivity (Wildman–Crippen MR) is 41.4 cm³/mol. The lowest BCUT2D eigenvalue weighted by Gasteiger charge is -2.34. The van der Waals surface area contributed by atoms with Gasteiger partial charge in [-0.3, -0.25) is 0 Å². The lowest BCUT2D eigenvalue weighted by atomic mass is 9.98. The van der Waals surface area contributed by atoms with Crippen LogP contribution in [0.4, 0.5) is 0 Å². The van der Waals surface area contributed by atoms with E-state index in [9.17, 15) is 0 Å². The number of likely N-dealkylation sites (N-methyl/N-ethyl adjacent to an activating group) is 1. The quantitative estimate of drug-likeness (QED) is 0.608. The maximum Gasteiger partial charge on any atom is 0.0294 e. The van der Waals surface area contributed by atoms with E-state index in [2.05, 4.69) is 32.8 Å². The zero-order chi connectivity index (χ0) is 7.49. The zero-order valence-corrected chi connectivity index (χ0v) is 6.94. The number of rotatable bonds is 3. The van der Waals surface area contributed by atoms with Crippen molar-refractivity contribution in [3.05, 3.63) is 0 Å². The molecule has 0 fully saturated rings. The van der Waals surface area contributed by atoms with Gasteiger partial charge in [0.05, 0.1) is 0 Å². The number of nitrogens with zero attached hydrogens (tertiary/aromatic N) is 1. The molecule has 0 aliphatic rings. The molecule has 2 N–H and O–H groups in total. The molecule has 0 heterocycles. The molecule has 0 aromatic carbocycles. The minimum Gasteiger partial charge on any atom is -0.329 e. The smallest absolute Gasteiger partial charge is 0.0294 e. The summed E-state index contributed by atoms with van der Waals surface area (Å²) >= 11 is 0. The van der Waals surface area contributed by atoms with Crippen LogP contribution in [0, 0.1) is 0 Å². The third-order valence-electron chi connectivity index (χ3n) is 2.28. The van der Waals surface area contributed by atoms with Gasteiger partial charge in [-0.2, -0.15) is 0 Å². The molecule has 0 aliphatic carbocycles. The molecule has 0 amide bonds. The fourth-order valence-electron chi connectivity index (χ4n) is 0.643. The molecule has 0 bridgehead atoms. The molecule has 0 aromatic heterocycles. The van der Waals surface area contributed by atoms with Crippen molar-refractivity contribution in [3.63, 3.8) is 0 Å². The largest absolute Gasteiger partial charge is 0.329 e. The minimum absolute atomic E-state index is 0.194. The molecule has 56 valence electrons. The van der Waals surface area contributed by atoms with Gasteiger partial charge < -0.3 is 10.6 Å². The van der Waals surface area contributed by atoms with Gasteiger partial charge in [0, 0.05) is 12.1 Å². The Morgan fingerprint density at radius 2 is 1.89 bits per heavy atom. The lowest BCUT2D eigenvalue weighted by Crippen LogP contribution is -2.46. The molecule has 0 aromatic rings. The van der Waals surface area contributed by atoms with E-state index in [0.717, 1.165) is 13.0 Å². The summed E-state index contributed by atoms with van der Waals surface area (Å²) in [5.41, 5.74) is 5.77. The highest BCUT2D eigenvalue weighted by atomic mass is 15.1. The van der Waals surface area contributed by atoms with E-state index in [1.54, 1.807) is 0 Å². The molecular weight excluding hydrogens is 112 g/mol. The lowest BCUT2D eigenvalue weighted by molar-refractivity contribution is 0.175. The average molecular weight is 130 g/mol. The van der Waals surface area contributed by atoms with Crippen molar-refractivity contribution in [3.8, 4) is 0 Å². The summed E-state index contributed by atoms with van der Waals surface area (Å²) in [5, 5.41) is 0. The van der Waals surface area contributed by atoms with E-state index in [1.165, 1.54) is 0 Å². The Labute approximate surface area is 58.0 Å². The van der Waals surface area contributed by atoms with Crippen molar-refractivity contribution >= 4 is 0 Å². The van der Waals surface area contributed by atoms with Crippen molar-refractivity contribution in [2.24, 2.45) is 5.73 Å². The fraction of sp³-hybridized carbons (Fsp3) is 1.00. The van der Waals surface area contributed by atoms with Gasteiger partial charge in [-0.15, -0.1) is 0 Å². The van der Waals surface area contributed by atoms with Crippen molar-refractivity contribution in [1.29, 1.82) is 0 Å². The Morgan fingerprint density at radius 1 is 1.44 bits per heavy atom. The Bertz CT molecular complexity index is 75.0. The summed E-state index contributed by atoms with van der Waals surface area (Å²) in [6, 6.07) is 0. The van der Waals surface area contributed by atoms with Crippen LogP contribution in [0.2, 0.25) is 0 Å². The van der Waals surface area contributed by atoms with Gasteiger partial charge in [0.15, 0.2) is 0 Å². The summed E-state index contributed by atoms with van der Waals surface area (Å²) in [6.07, 6.45) is 1.11. The van der Waals surface area contributed by atoms with Gasteiger partial charge in [0.25, 0.3) is 0 Å². The van der Waals surface area contributed by atoms with Crippen LogP contribution in [0.5, 0.6) is 0 Å². The second kappa shape index (κ2) is 3.18. The topological polar surface area (TPSA) is 29.3 Å². The van der Waals surface area contributed by atoms with Gasteiger partial charge in [0.2, 0.25) is 0 Å². The number of hydrogen-bond donors (Lipinski definition) is 1. The summed E-state index contributed by atoms with van der Waals surface area (Å²) in [5.74, 6) is 0. The molecular formula is C7H18N2. The second-order valence-corrected chi connectivity index (χ2v) is 2.95. The van der Waals surface area contributed by atoms with Crippen LogP contribution in [0.3, 0.4) is 0 Å². The maximum atomic E-state index is 5.58. The van der Waals surface area contributed by atoms with E-state index >= 15 is 0 Å². The van der Waals surface area contributed by atoms with Crippen molar-refractivity contribution in [1.82, 2.24) is 4.90 Å². The van der Waals surface area contributed by atoms with Crippen molar-refractivity contribution in [2.75, 3.05) is 20.6 Å². The third kappa shape index (κ3) is 1.95. The summed E-state index contributed by atoms with van der Waals surface area (Å²) in [4.78, 5) is 2.17. The van der Waals surface area contributed by atoms with Crippen LogP contribution in [-0.2, 0) is 0 Å². The van der Waals surface area contributed by atoms with E-state index in [4.69, 9.17) is 5.73 Å². The van der Waals surface area contributed by atoms with Gasteiger partial charge >= 0.3 is 0 Å². The predicted octanol–water partition coefficient (Wildman–Crippen LogP) is 0.675. The van der Waals surface area contributed by atoms with E-state index in [1.807, 2.05) is 0 Å². The first-order chi connectivity index (χ1) is 4.06. The summed E-state index contributed by atoms with van der Waals surface area (Å²) in [6.45, 7) is 5.07. The standard InChI is InChI=1S/C7H18N2/c1-5-7(2,6-8)9(3)4/h5-6,8H2,1-4H3. The maximum absolute atomic E-state index is 5.58. The van der Waals surface area contributed by atoms with Crippen LogP contribution in [0.1, 0.15) is 20.3 Å². The molecule has 2 heteroatoms. The highest BCUT2D eigenvalue weighted by molar-refractivity contribution is 4.81. The van der Waals surface area contributed by atoms with Crippen LogP contribution in [0.15, 0.2) is 0 Å². The molecule has 0 aliphatic heterocycles. The van der Waals surface area contributed by atoms with Crippen molar-refractivity contribution < 1.29 is 0 Å². The van der Waals surface area contributed by atoms with Gasteiger partial charge in [0.1, 0.15) is 0 Å². The molecule has 0 spiro atoms. The molecule has 0 saturated carbocycles. The Balaban J connectivity index is 3.92. The monoisotopic (exact) mass is 130 g/mol. The van der Waals surface area contributed by atoms with E-state index < -0.39 is 0 Å². The third-order valence-corrected chi connectivity index (χ3v) is 2.28. The Morgan fingerprint density at radius 3 is 1.89 bits per heavy atom. The van der Waals surface area contributed by atoms with Crippen LogP contribution < -0.4 is 5.73 Å². The Kier molecular flexibility index (Phi) is 3.15. The minimum atomic E-state index is 0.194. The molecule has 1 unspecified atom stereocenters. The molecule has 0 rings (SSSR count). The highest BCUT2D eigenvalue weighted by Gasteiger charge is 2.21. The average Bonchev–Trinajstić information content (AvgIpc) is 1.86. The van der Waals surface area contributed by atoms with E-state index in [-0.39, 0.29) is 5.54 Å². The summed E-state index contributed by atoms with van der Waals surface area (Å²) < 4.78 is 0. The Hall–Kier alpha value is -0.0800. The molecule has 0 radical (unpaired) electrons. The molecule has 0 saturated heterocycles. The van der Waals surface area contributed by atoms with Gasteiger partial charge in [-0.1, -0.05) is 6.92 Å². The SMILES string of the molecule is CCC(C)(CN)N(C)C. The zero-order valence-electron chi connectivity index (χ0n) is 6.94. The first-order valence-electron chi connectivity index (χ1n) is 3.44. The highest BCUT2D eigenvalue weighted by Crippen LogP contribution is 2.12. The first kappa shape index (κ1) is 8.92. The molecule has 9 heavy (non-hydrogen) atoms. The van der Waals surface area contributed by atoms with Crippen LogP contribution >= 0.6 is 0 Å². The van der Waals surface area contributed by atoms with Crippen LogP contribution in [-0.4, -0.2) is 31.1 Å². The van der Waals surface area contributed by atoms with E-state index in [0.29, 0.717) is 0 Å². The molecule has 2 nitrogen and oxygen atoms in total. The van der Waals surface area contributed by atoms with Gasteiger partial charge in [-0.05, 0) is 27.4 Å². The fourth-order valence-corrected chi connectivity index (χ4v) is 0.643. The number of hydrogen-bond acceptors (Lipinski definition) is 2. The van der Waals surface area contributed by atoms with Crippen molar-refractivity contribution in [2.45, 2.75) is 25.8 Å². The second-order valence-electron chi connectivity index (χ2n) is 2.95. The number of nitrogens with two attached hydrogens (primary N) is 1. The molecule has 1 atom stereocenters. The van der Waals surface area contributed by atoms with Gasteiger partial charge in [-0.25, -0.2) is 0 Å². The first-order valence-corrected chi connectivity index (χ1v) is 3.44. The van der Waals surface area contributed by atoms with Crippen LogP contribution in [0.25, 0.3) is 0 Å².